The Labute approximate surface area is 264 Å². The molecule has 13 nitrogen and oxygen atoms in total. The number of esters is 6. The molecule has 252 valence electrons. The van der Waals surface area contributed by atoms with E-state index in [9.17, 15) is 28.8 Å². The number of hydrogen-bond donors (Lipinski definition) is 0. The average molecular weight is 639 g/mol. The molecule has 1 heterocycles. The van der Waals surface area contributed by atoms with Crippen molar-refractivity contribution in [2.75, 3.05) is 33.0 Å². The normalized spacial score (nSPS) is 17.3. The van der Waals surface area contributed by atoms with Crippen LogP contribution in [0, 0.1) is 0 Å². The lowest BCUT2D eigenvalue weighted by Crippen LogP contribution is -2.53. The van der Waals surface area contributed by atoms with E-state index in [1.807, 2.05) is 0 Å². The summed E-state index contributed by atoms with van der Waals surface area (Å²) >= 11 is 0. The Bertz CT molecular complexity index is 1020. The van der Waals surface area contributed by atoms with Crippen LogP contribution in [0.2, 0.25) is 0 Å². The topological polar surface area (TPSA) is 167 Å². The third-order valence-corrected chi connectivity index (χ3v) is 6.20. The van der Waals surface area contributed by atoms with Crippen LogP contribution in [-0.4, -0.2) is 87.2 Å². The molecule has 1 saturated heterocycles. The summed E-state index contributed by atoms with van der Waals surface area (Å²) in [6.07, 6.45) is -0.857. The zero-order valence-electron chi connectivity index (χ0n) is 26.6. The number of rotatable bonds is 21. The van der Waals surface area contributed by atoms with Crippen LogP contribution >= 0.6 is 0 Å². The predicted octanol–water partition coefficient (Wildman–Crippen LogP) is 3.62. The molecule has 1 aliphatic rings. The van der Waals surface area contributed by atoms with E-state index >= 15 is 0 Å². The molecule has 0 bridgehead atoms. The lowest BCUT2D eigenvalue weighted by molar-refractivity contribution is -0.211. The smallest absolute Gasteiger partial charge is 0.333 e. The molecule has 2 unspecified atom stereocenters. The van der Waals surface area contributed by atoms with Crippen LogP contribution < -0.4 is 0 Å². The van der Waals surface area contributed by atoms with Crippen molar-refractivity contribution in [2.45, 2.75) is 96.9 Å². The van der Waals surface area contributed by atoms with E-state index < -0.39 is 54.1 Å². The number of unbranched alkanes of at least 4 members (excludes halogenated alkanes) is 3. The van der Waals surface area contributed by atoms with E-state index in [-0.39, 0.29) is 69.0 Å². The van der Waals surface area contributed by atoms with Gasteiger partial charge in [-0.25, -0.2) is 14.4 Å². The number of ether oxygens (including phenoxy) is 7. The van der Waals surface area contributed by atoms with Crippen LogP contribution in [0.4, 0.5) is 0 Å². The van der Waals surface area contributed by atoms with Gasteiger partial charge in [0.2, 0.25) is 0 Å². The van der Waals surface area contributed by atoms with Crippen molar-refractivity contribution >= 4 is 35.8 Å². The molecule has 0 spiro atoms. The van der Waals surface area contributed by atoms with Crippen molar-refractivity contribution in [2.24, 2.45) is 0 Å². The summed E-state index contributed by atoms with van der Waals surface area (Å²) in [5, 5.41) is 0. The van der Waals surface area contributed by atoms with Crippen LogP contribution in [0.3, 0.4) is 0 Å². The van der Waals surface area contributed by atoms with E-state index in [4.69, 9.17) is 33.2 Å². The highest BCUT2D eigenvalue weighted by molar-refractivity contribution is 5.87. The first-order valence-electron chi connectivity index (χ1n) is 15.0. The molecule has 0 saturated carbocycles. The summed E-state index contributed by atoms with van der Waals surface area (Å²) in [7, 11) is 0. The molecule has 0 radical (unpaired) electrons. The minimum Gasteiger partial charge on any atom is -0.462 e. The molecular formula is C32H46O13. The monoisotopic (exact) mass is 638 g/mol. The number of carbonyl (C=O) groups is 6. The van der Waals surface area contributed by atoms with Gasteiger partial charge in [0.05, 0.1) is 33.0 Å². The standard InChI is InChI=1S/C32H46O13/c1-21(2)30(36)40-16-10-7-13-26(33)43-24-19-39-20-25(44-27(34)14-8-11-17-41-31(37)22(3)4)29(24)45-28(35)15-9-12-18-42-32(38)23(5)6/h24-25,29H,1,3,5,7-20H2,2,4,6H3. The van der Waals surface area contributed by atoms with Crippen molar-refractivity contribution in [1.82, 2.24) is 0 Å². The quantitative estimate of drug-likeness (QED) is 0.0775. The van der Waals surface area contributed by atoms with Crippen molar-refractivity contribution in [1.29, 1.82) is 0 Å². The number of carbonyl (C=O) groups excluding carboxylic acids is 6. The largest absolute Gasteiger partial charge is 0.462 e. The van der Waals surface area contributed by atoms with Gasteiger partial charge in [-0.1, -0.05) is 19.7 Å². The SMILES string of the molecule is C=C(C)C(=O)OCCCCC(=O)OC1COCC(OC(=O)CCCCOC(=O)C(=C)C)C1OC(=O)CCCCOC(=O)C(=C)C. The van der Waals surface area contributed by atoms with Gasteiger partial charge in [0.1, 0.15) is 0 Å². The third kappa shape index (κ3) is 17.2. The fourth-order valence-corrected chi connectivity index (χ4v) is 3.73. The fraction of sp³-hybridized carbons (Fsp3) is 0.625. The number of hydrogen-bond acceptors (Lipinski definition) is 13. The lowest BCUT2D eigenvalue weighted by Gasteiger charge is -2.36. The molecule has 2 atom stereocenters. The Morgan fingerprint density at radius 2 is 0.844 bits per heavy atom. The molecule has 0 aromatic rings. The first-order chi connectivity index (χ1) is 21.3. The van der Waals surface area contributed by atoms with Gasteiger partial charge in [-0.15, -0.1) is 0 Å². The summed E-state index contributed by atoms with van der Waals surface area (Å²) < 4.78 is 37.3. The second kappa shape index (κ2) is 21.7. The summed E-state index contributed by atoms with van der Waals surface area (Å²) in [6.45, 7) is 15.3. The van der Waals surface area contributed by atoms with Gasteiger partial charge in [0.15, 0.2) is 18.3 Å². The second-order valence-electron chi connectivity index (χ2n) is 10.7. The van der Waals surface area contributed by atoms with Crippen LogP contribution in [0.5, 0.6) is 0 Å². The summed E-state index contributed by atoms with van der Waals surface area (Å²) in [4.78, 5) is 72.3. The zero-order valence-corrected chi connectivity index (χ0v) is 26.6. The van der Waals surface area contributed by atoms with Crippen LogP contribution in [-0.2, 0) is 61.9 Å². The first-order valence-corrected chi connectivity index (χ1v) is 15.0. The Morgan fingerprint density at radius 3 is 1.16 bits per heavy atom. The Hall–Kier alpha value is -4.00. The van der Waals surface area contributed by atoms with E-state index in [0.29, 0.717) is 38.5 Å². The van der Waals surface area contributed by atoms with Gasteiger partial charge in [0.25, 0.3) is 0 Å². The lowest BCUT2D eigenvalue weighted by atomic mass is 10.1. The Balaban J connectivity index is 2.70. The van der Waals surface area contributed by atoms with Gasteiger partial charge in [-0.3, -0.25) is 14.4 Å². The van der Waals surface area contributed by atoms with Gasteiger partial charge < -0.3 is 33.2 Å². The zero-order chi connectivity index (χ0) is 33.8. The van der Waals surface area contributed by atoms with E-state index in [1.165, 1.54) is 20.8 Å². The van der Waals surface area contributed by atoms with E-state index in [0.717, 1.165) is 0 Å². The highest BCUT2D eigenvalue weighted by Crippen LogP contribution is 2.22. The highest BCUT2D eigenvalue weighted by atomic mass is 16.6. The van der Waals surface area contributed by atoms with Crippen LogP contribution in [0.15, 0.2) is 36.5 Å². The molecule has 1 aliphatic heterocycles. The van der Waals surface area contributed by atoms with E-state index in [2.05, 4.69) is 19.7 Å². The minimum absolute atomic E-state index is 0.00506. The molecule has 0 N–H and O–H groups in total. The van der Waals surface area contributed by atoms with Gasteiger partial charge in [-0.2, -0.15) is 0 Å². The van der Waals surface area contributed by atoms with E-state index in [1.54, 1.807) is 0 Å². The Morgan fingerprint density at radius 1 is 0.533 bits per heavy atom. The first kappa shape index (κ1) is 39.0. The van der Waals surface area contributed by atoms with Gasteiger partial charge >= 0.3 is 35.8 Å². The predicted molar refractivity (Wildman–Crippen MR) is 159 cm³/mol. The molecule has 0 aliphatic carbocycles. The summed E-state index contributed by atoms with van der Waals surface area (Å²) in [5.41, 5.74) is 0.822. The van der Waals surface area contributed by atoms with Crippen molar-refractivity contribution in [3.63, 3.8) is 0 Å². The second-order valence-corrected chi connectivity index (χ2v) is 10.7. The molecule has 13 heteroatoms. The highest BCUT2D eigenvalue weighted by Gasteiger charge is 2.42. The molecule has 45 heavy (non-hydrogen) atoms. The molecule has 0 amide bonds. The van der Waals surface area contributed by atoms with Gasteiger partial charge in [-0.05, 0) is 59.3 Å². The molecule has 0 aromatic carbocycles. The van der Waals surface area contributed by atoms with Crippen molar-refractivity contribution < 1.29 is 61.9 Å². The summed E-state index contributed by atoms with van der Waals surface area (Å²) in [5.74, 6) is -3.34. The molecule has 0 aromatic heterocycles. The maximum absolute atomic E-state index is 12.7. The third-order valence-electron chi connectivity index (χ3n) is 6.20. The molecule has 1 fully saturated rings. The average Bonchev–Trinajstić information content (AvgIpc) is 2.97. The summed E-state index contributed by atoms with van der Waals surface area (Å²) in [6, 6.07) is 0. The maximum atomic E-state index is 12.7. The van der Waals surface area contributed by atoms with Crippen molar-refractivity contribution in [3.05, 3.63) is 36.5 Å². The Kier molecular flexibility index (Phi) is 18.8. The van der Waals surface area contributed by atoms with Gasteiger partial charge in [0, 0.05) is 36.0 Å². The van der Waals surface area contributed by atoms with Crippen LogP contribution in [0.1, 0.15) is 78.6 Å². The molecular weight excluding hydrogens is 592 g/mol. The van der Waals surface area contributed by atoms with Crippen molar-refractivity contribution in [3.8, 4) is 0 Å². The maximum Gasteiger partial charge on any atom is 0.333 e. The molecule has 1 rings (SSSR count). The fourth-order valence-electron chi connectivity index (χ4n) is 3.73. The van der Waals surface area contributed by atoms with Crippen LogP contribution in [0.25, 0.3) is 0 Å². The minimum atomic E-state index is -1.12.